The number of oxazole rings is 1. The summed E-state index contributed by atoms with van der Waals surface area (Å²) in [4.78, 5) is 16.2. The number of hydrogen-bond donors (Lipinski definition) is 0. The van der Waals surface area contributed by atoms with Gasteiger partial charge in [-0.2, -0.15) is 11.8 Å². The van der Waals surface area contributed by atoms with E-state index in [-0.39, 0.29) is 5.78 Å². The topological polar surface area (TPSA) is 43.1 Å². The molecule has 4 nitrogen and oxygen atoms in total. The summed E-state index contributed by atoms with van der Waals surface area (Å²) >= 11 is 2.04. The second-order valence-electron chi connectivity index (χ2n) is 8.16. The molecule has 150 valence electrons. The van der Waals surface area contributed by atoms with Gasteiger partial charge in [0.25, 0.3) is 5.89 Å². The lowest BCUT2D eigenvalue weighted by atomic mass is 10.1. The maximum absolute atomic E-state index is 12.1. The molecule has 0 aromatic carbocycles. The molecule has 0 amide bonds. The van der Waals surface area contributed by atoms with Crippen LogP contribution in [-0.4, -0.2) is 54.4 Å². The van der Waals surface area contributed by atoms with Gasteiger partial charge in [-0.25, -0.2) is 4.98 Å². The number of nitrogens with zero attached hydrogens (tertiary/aromatic N) is 2. The molecule has 0 unspecified atom stereocenters. The van der Waals surface area contributed by atoms with Crippen LogP contribution in [0.2, 0.25) is 0 Å². The zero-order valence-corrected chi connectivity index (χ0v) is 18.2. The van der Waals surface area contributed by atoms with Gasteiger partial charge in [-0.15, -0.1) is 0 Å². The van der Waals surface area contributed by atoms with Crippen molar-refractivity contribution in [1.82, 2.24) is 4.98 Å². The first-order chi connectivity index (χ1) is 12.4. The van der Waals surface area contributed by atoms with Crippen LogP contribution in [0.3, 0.4) is 0 Å². The van der Waals surface area contributed by atoms with E-state index in [1.54, 1.807) is 6.20 Å². The second kappa shape index (κ2) is 13.4. The van der Waals surface area contributed by atoms with Gasteiger partial charge in [0.15, 0.2) is 0 Å². The highest BCUT2D eigenvalue weighted by Crippen LogP contribution is 2.14. The zero-order chi connectivity index (χ0) is 19.3. The first kappa shape index (κ1) is 23.2. The van der Waals surface area contributed by atoms with Gasteiger partial charge in [0, 0.05) is 19.3 Å². The van der Waals surface area contributed by atoms with Gasteiger partial charge < -0.3 is 8.90 Å². The molecule has 5 heteroatoms. The van der Waals surface area contributed by atoms with Gasteiger partial charge in [0.1, 0.15) is 5.76 Å². The summed E-state index contributed by atoms with van der Waals surface area (Å²) < 4.78 is 6.68. The number of aryl methyl sites for hydroxylation is 1. The summed E-state index contributed by atoms with van der Waals surface area (Å²) in [6, 6.07) is 0. The SMILES string of the molecule is CCCCCCCC(=O)c1ncc(CCCCSCCC[N+](C)(C)C)o1. The Morgan fingerprint density at radius 3 is 2.50 bits per heavy atom. The van der Waals surface area contributed by atoms with Gasteiger partial charge in [0.2, 0.25) is 5.78 Å². The number of quaternary nitrogens is 1. The third-order valence-corrected chi connectivity index (χ3v) is 5.53. The largest absolute Gasteiger partial charge is 0.439 e. The minimum atomic E-state index is 0.0561. The molecule has 1 aromatic rings. The molecule has 1 heterocycles. The fourth-order valence-electron chi connectivity index (χ4n) is 2.79. The Morgan fingerprint density at radius 2 is 1.77 bits per heavy atom. The third kappa shape index (κ3) is 11.7. The highest BCUT2D eigenvalue weighted by atomic mass is 32.2. The number of ketones is 1. The molecule has 0 atom stereocenters. The highest BCUT2D eigenvalue weighted by Gasteiger charge is 2.12. The van der Waals surface area contributed by atoms with E-state index in [9.17, 15) is 4.79 Å². The summed E-state index contributed by atoms with van der Waals surface area (Å²) in [7, 11) is 6.73. The molecule has 0 saturated heterocycles. The van der Waals surface area contributed by atoms with Crippen molar-refractivity contribution in [3.05, 3.63) is 17.8 Å². The van der Waals surface area contributed by atoms with Crippen LogP contribution < -0.4 is 0 Å². The molecule has 0 aliphatic heterocycles. The number of carbonyl (C=O) groups excluding carboxylic acids is 1. The quantitative estimate of drug-likeness (QED) is 0.219. The van der Waals surface area contributed by atoms with Gasteiger partial charge in [-0.05, 0) is 30.8 Å². The van der Waals surface area contributed by atoms with E-state index in [4.69, 9.17) is 4.42 Å². The molecular weight excluding hydrogens is 344 g/mol. The molecule has 1 rings (SSSR count). The zero-order valence-electron chi connectivity index (χ0n) is 17.4. The summed E-state index contributed by atoms with van der Waals surface area (Å²) in [5.41, 5.74) is 0. The predicted octanol–water partition coefficient (Wildman–Crippen LogP) is 5.37. The number of aromatic nitrogens is 1. The van der Waals surface area contributed by atoms with Crippen molar-refractivity contribution in [2.45, 2.75) is 71.1 Å². The van der Waals surface area contributed by atoms with Gasteiger partial charge in [0.05, 0.1) is 33.9 Å². The molecule has 0 spiro atoms. The van der Waals surface area contributed by atoms with Crippen LogP contribution in [0.5, 0.6) is 0 Å². The molecule has 0 saturated carbocycles. The van der Waals surface area contributed by atoms with Crippen molar-refractivity contribution in [3.63, 3.8) is 0 Å². The Hall–Kier alpha value is -0.810. The average molecular weight is 384 g/mol. The molecule has 0 N–H and O–H groups in total. The smallest absolute Gasteiger partial charge is 0.263 e. The van der Waals surface area contributed by atoms with Crippen molar-refractivity contribution in [1.29, 1.82) is 0 Å². The van der Waals surface area contributed by atoms with E-state index in [1.807, 2.05) is 11.8 Å². The minimum Gasteiger partial charge on any atom is -0.439 e. The standard InChI is InChI=1S/C21H39N2O2S/c1-5-6-7-8-9-14-20(24)21-22-18-19(25-21)13-10-11-16-26-17-12-15-23(2,3)4/h18H,5-17H2,1-4H3/q+1. The normalized spacial score (nSPS) is 11.8. The third-order valence-electron chi connectivity index (χ3n) is 4.38. The van der Waals surface area contributed by atoms with Crippen LogP contribution in [0.1, 0.15) is 81.2 Å². The lowest BCUT2D eigenvalue weighted by molar-refractivity contribution is -0.870. The Morgan fingerprint density at radius 1 is 1.04 bits per heavy atom. The van der Waals surface area contributed by atoms with Crippen molar-refractivity contribution in [2.75, 3.05) is 39.2 Å². The van der Waals surface area contributed by atoms with Crippen molar-refractivity contribution in [2.24, 2.45) is 0 Å². The summed E-state index contributed by atoms with van der Waals surface area (Å²) in [5, 5.41) is 0. The van der Waals surface area contributed by atoms with Crippen LogP contribution >= 0.6 is 11.8 Å². The first-order valence-corrected chi connectivity index (χ1v) is 11.4. The molecule has 1 aromatic heterocycles. The maximum Gasteiger partial charge on any atom is 0.263 e. The lowest BCUT2D eigenvalue weighted by Crippen LogP contribution is -2.35. The molecule has 0 aliphatic carbocycles. The summed E-state index contributed by atoms with van der Waals surface area (Å²) in [6.45, 7) is 3.44. The van der Waals surface area contributed by atoms with E-state index in [0.717, 1.165) is 35.9 Å². The lowest BCUT2D eigenvalue weighted by Gasteiger charge is -2.23. The Bertz CT molecular complexity index is 494. The molecule has 26 heavy (non-hydrogen) atoms. The first-order valence-electron chi connectivity index (χ1n) is 10.3. The number of hydrogen-bond acceptors (Lipinski definition) is 4. The van der Waals surface area contributed by atoms with E-state index in [0.29, 0.717) is 12.3 Å². The molecule has 0 aliphatic rings. The maximum atomic E-state index is 12.1. The highest BCUT2D eigenvalue weighted by molar-refractivity contribution is 7.99. The van der Waals surface area contributed by atoms with Crippen molar-refractivity contribution >= 4 is 17.5 Å². The minimum absolute atomic E-state index is 0.0561. The Labute approximate surface area is 164 Å². The fourth-order valence-corrected chi connectivity index (χ4v) is 3.74. The number of Topliss-reactive ketones (excluding diaryl/α,β-unsaturated/α-hetero) is 1. The van der Waals surface area contributed by atoms with E-state index in [1.165, 1.54) is 50.2 Å². The molecular formula is C21H39N2O2S+. The Balaban J connectivity index is 2.07. The van der Waals surface area contributed by atoms with Gasteiger partial charge in [-0.3, -0.25) is 4.79 Å². The molecule has 0 radical (unpaired) electrons. The Kier molecular flexibility index (Phi) is 11.9. The monoisotopic (exact) mass is 383 g/mol. The van der Waals surface area contributed by atoms with Crippen LogP contribution in [0.25, 0.3) is 0 Å². The number of rotatable bonds is 16. The van der Waals surface area contributed by atoms with Crippen molar-refractivity contribution in [3.8, 4) is 0 Å². The predicted molar refractivity (Wildman–Crippen MR) is 112 cm³/mol. The van der Waals surface area contributed by atoms with Gasteiger partial charge in [-0.1, -0.05) is 32.6 Å². The van der Waals surface area contributed by atoms with E-state index >= 15 is 0 Å². The van der Waals surface area contributed by atoms with Crippen LogP contribution in [0, 0.1) is 0 Å². The fraction of sp³-hybridized carbons (Fsp3) is 0.810. The molecule has 0 bridgehead atoms. The van der Waals surface area contributed by atoms with Crippen LogP contribution in [0.15, 0.2) is 10.6 Å². The number of carbonyl (C=O) groups is 1. The summed E-state index contributed by atoms with van der Waals surface area (Å²) in [5.74, 6) is 3.67. The number of thioether (sulfide) groups is 1. The van der Waals surface area contributed by atoms with Gasteiger partial charge >= 0.3 is 0 Å². The second-order valence-corrected chi connectivity index (χ2v) is 9.38. The van der Waals surface area contributed by atoms with Crippen LogP contribution in [0.4, 0.5) is 0 Å². The van der Waals surface area contributed by atoms with E-state index < -0.39 is 0 Å². The molecule has 0 fully saturated rings. The van der Waals surface area contributed by atoms with E-state index in [2.05, 4.69) is 33.1 Å². The summed E-state index contributed by atoms with van der Waals surface area (Å²) in [6.07, 6.45) is 12.5. The van der Waals surface area contributed by atoms with Crippen LogP contribution in [-0.2, 0) is 6.42 Å². The average Bonchev–Trinajstić information content (AvgIpc) is 3.05. The number of unbranched alkanes of at least 4 members (excludes halogenated alkanes) is 5. The van der Waals surface area contributed by atoms with Crippen molar-refractivity contribution < 1.29 is 13.7 Å².